The van der Waals surface area contributed by atoms with Crippen molar-refractivity contribution in [2.45, 2.75) is 12.8 Å². The van der Waals surface area contributed by atoms with Crippen molar-refractivity contribution in [3.63, 3.8) is 0 Å². The Kier molecular flexibility index (Phi) is 4.94. The van der Waals surface area contributed by atoms with Gasteiger partial charge in [0, 0.05) is 18.3 Å². The van der Waals surface area contributed by atoms with Crippen LogP contribution in [-0.4, -0.2) is 37.8 Å². The third kappa shape index (κ3) is 4.40. The van der Waals surface area contributed by atoms with Gasteiger partial charge in [-0.3, -0.25) is 9.69 Å². The number of halogens is 2. The van der Waals surface area contributed by atoms with Gasteiger partial charge in [0.15, 0.2) is 11.5 Å². The van der Waals surface area contributed by atoms with Crippen molar-refractivity contribution in [2.75, 3.05) is 26.0 Å². The molecule has 0 saturated carbocycles. The van der Waals surface area contributed by atoms with Gasteiger partial charge in [-0.05, 0) is 36.9 Å². The summed E-state index contributed by atoms with van der Waals surface area (Å²) in [6, 6.07) is 11.7. The highest BCUT2D eigenvalue weighted by atomic mass is 19.3. The second-order valence-corrected chi connectivity index (χ2v) is 5.90. The summed E-state index contributed by atoms with van der Waals surface area (Å²) in [7, 11) is 3.41. The van der Waals surface area contributed by atoms with Gasteiger partial charge in [-0.1, -0.05) is 12.1 Å². The number of alkyl halides is 2. The van der Waals surface area contributed by atoms with E-state index < -0.39 is 6.29 Å². The first kappa shape index (κ1) is 17.9. The van der Waals surface area contributed by atoms with Crippen LogP contribution in [0.1, 0.15) is 5.56 Å². The fourth-order valence-corrected chi connectivity index (χ4v) is 2.57. The summed E-state index contributed by atoms with van der Waals surface area (Å²) in [5, 5.41) is 2.65. The monoisotopic (exact) mass is 364 g/mol. The zero-order valence-electron chi connectivity index (χ0n) is 14.3. The lowest BCUT2D eigenvalue weighted by molar-refractivity contribution is -0.286. The summed E-state index contributed by atoms with van der Waals surface area (Å²) in [5.41, 5.74) is 1.39. The summed E-state index contributed by atoms with van der Waals surface area (Å²) in [5.74, 6) is 0.318. The summed E-state index contributed by atoms with van der Waals surface area (Å²) in [6.45, 7) is 0.710. The lowest BCUT2D eigenvalue weighted by Gasteiger charge is -2.16. The average molecular weight is 364 g/mol. The minimum absolute atomic E-state index is 0.0652. The molecule has 2 aromatic carbocycles. The molecule has 1 amide bonds. The van der Waals surface area contributed by atoms with Gasteiger partial charge in [0.05, 0.1) is 13.7 Å². The summed E-state index contributed by atoms with van der Waals surface area (Å²) in [6.07, 6.45) is -3.68. The van der Waals surface area contributed by atoms with Crippen LogP contribution >= 0.6 is 0 Å². The van der Waals surface area contributed by atoms with Crippen molar-refractivity contribution in [1.29, 1.82) is 0 Å². The highest BCUT2D eigenvalue weighted by Gasteiger charge is 2.43. The quantitative estimate of drug-likeness (QED) is 0.854. The average Bonchev–Trinajstić information content (AvgIpc) is 2.88. The molecule has 1 N–H and O–H groups in total. The van der Waals surface area contributed by atoms with Crippen LogP contribution in [0, 0.1) is 0 Å². The normalized spacial score (nSPS) is 14.3. The minimum Gasteiger partial charge on any atom is -0.497 e. The van der Waals surface area contributed by atoms with Crippen LogP contribution in [0.3, 0.4) is 0 Å². The van der Waals surface area contributed by atoms with Crippen LogP contribution in [0.5, 0.6) is 17.2 Å². The molecular weight excluding hydrogens is 346 g/mol. The molecule has 0 bridgehead atoms. The Morgan fingerprint density at radius 3 is 2.54 bits per heavy atom. The maximum Gasteiger partial charge on any atom is 0.586 e. The predicted octanol–water partition coefficient (Wildman–Crippen LogP) is 3.09. The fraction of sp³-hybridized carbons (Fsp3) is 0.278. The first-order valence-corrected chi connectivity index (χ1v) is 7.86. The maximum absolute atomic E-state index is 13.0. The molecule has 0 spiro atoms. The first-order chi connectivity index (χ1) is 12.3. The number of carbonyl (C=O) groups excluding carboxylic acids is 1. The molecule has 0 saturated heterocycles. The van der Waals surface area contributed by atoms with E-state index in [1.807, 2.05) is 36.2 Å². The highest BCUT2D eigenvalue weighted by Crippen LogP contribution is 2.42. The SMILES string of the molecule is COc1ccc(CN(C)CC(=O)Nc2ccc3c(c2)OC(F)(F)O3)cc1. The van der Waals surface area contributed by atoms with E-state index in [0.29, 0.717) is 12.2 Å². The van der Waals surface area contributed by atoms with Gasteiger partial charge in [-0.25, -0.2) is 0 Å². The van der Waals surface area contributed by atoms with E-state index in [-0.39, 0.29) is 24.0 Å². The Hall–Kier alpha value is -2.87. The van der Waals surface area contributed by atoms with E-state index in [1.54, 1.807) is 7.11 Å². The van der Waals surface area contributed by atoms with Gasteiger partial charge < -0.3 is 19.5 Å². The number of amides is 1. The summed E-state index contributed by atoms with van der Waals surface area (Å²) < 4.78 is 39.8. The molecule has 1 aliphatic rings. The molecule has 1 heterocycles. The number of carbonyl (C=O) groups is 1. The number of nitrogens with zero attached hydrogens (tertiary/aromatic N) is 1. The molecule has 0 fully saturated rings. The van der Waals surface area contributed by atoms with E-state index in [4.69, 9.17) is 4.74 Å². The van der Waals surface area contributed by atoms with Gasteiger partial charge in [0.1, 0.15) is 5.75 Å². The molecule has 0 radical (unpaired) electrons. The molecule has 2 aromatic rings. The molecular formula is C18H18F2N2O4. The number of benzene rings is 2. The maximum atomic E-state index is 13.0. The molecule has 1 aliphatic heterocycles. The van der Waals surface area contributed by atoms with Crippen LogP contribution in [-0.2, 0) is 11.3 Å². The minimum atomic E-state index is -3.68. The van der Waals surface area contributed by atoms with E-state index in [9.17, 15) is 13.6 Å². The molecule has 0 atom stereocenters. The van der Waals surface area contributed by atoms with E-state index in [0.717, 1.165) is 11.3 Å². The number of ether oxygens (including phenoxy) is 3. The Bertz CT molecular complexity index is 796. The van der Waals surface area contributed by atoms with E-state index >= 15 is 0 Å². The van der Waals surface area contributed by atoms with Crippen molar-refractivity contribution in [3.8, 4) is 17.2 Å². The molecule has 0 aliphatic carbocycles. The van der Waals surface area contributed by atoms with Gasteiger partial charge in [-0.2, -0.15) is 0 Å². The molecule has 6 nitrogen and oxygen atoms in total. The third-order valence-electron chi connectivity index (χ3n) is 3.71. The van der Waals surface area contributed by atoms with Crippen molar-refractivity contribution < 1.29 is 27.8 Å². The van der Waals surface area contributed by atoms with Gasteiger partial charge in [0.25, 0.3) is 0 Å². The Balaban J connectivity index is 1.54. The van der Waals surface area contributed by atoms with Gasteiger partial charge in [-0.15, -0.1) is 8.78 Å². The smallest absolute Gasteiger partial charge is 0.497 e. The lowest BCUT2D eigenvalue weighted by Crippen LogP contribution is -2.29. The number of methoxy groups -OCH3 is 1. The molecule has 8 heteroatoms. The number of likely N-dealkylation sites (N-methyl/N-ethyl adjacent to an activating group) is 1. The zero-order chi connectivity index (χ0) is 18.7. The second kappa shape index (κ2) is 7.17. The number of hydrogen-bond donors (Lipinski definition) is 1. The number of fused-ring (bicyclic) bond motifs is 1. The number of nitrogens with one attached hydrogen (secondary N) is 1. The number of hydrogen-bond acceptors (Lipinski definition) is 5. The van der Waals surface area contributed by atoms with Crippen molar-refractivity contribution >= 4 is 11.6 Å². The van der Waals surface area contributed by atoms with Crippen LogP contribution < -0.4 is 19.5 Å². The van der Waals surface area contributed by atoms with Crippen LogP contribution in [0.25, 0.3) is 0 Å². The Labute approximate surface area is 149 Å². The molecule has 3 rings (SSSR count). The van der Waals surface area contributed by atoms with Crippen molar-refractivity contribution in [1.82, 2.24) is 4.90 Å². The summed E-state index contributed by atoms with van der Waals surface area (Å²) >= 11 is 0. The standard InChI is InChI=1S/C18H18F2N2O4/c1-22(10-12-3-6-14(24-2)7-4-12)11-17(23)21-13-5-8-15-16(9-13)26-18(19,20)25-15/h3-9H,10-11H2,1-2H3,(H,21,23). The first-order valence-electron chi connectivity index (χ1n) is 7.86. The third-order valence-corrected chi connectivity index (χ3v) is 3.71. The number of anilines is 1. The fourth-order valence-electron chi connectivity index (χ4n) is 2.57. The predicted molar refractivity (Wildman–Crippen MR) is 90.6 cm³/mol. The van der Waals surface area contributed by atoms with Crippen molar-refractivity contribution in [2.24, 2.45) is 0 Å². The van der Waals surface area contributed by atoms with Crippen molar-refractivity contribution in [3.05, 3.63) is 48.0 Å². The van der Waals surface area contributed by atoms with Crippen LogP contribution in [0.15, 0.2) is 42.5 Å². The van der Waals surface area contributed by atoms with E-state index in [2.05, 4.69) is 14.8 Å². The van der Waals surface area contributed by atoms with Gasteiger partial charge in [0.2, 0.25) is 5.91 Å². The zero-order valence-corrected chi connectivity index (χ0v) is 14.3. The molecule has 0 unspecified atom stereocenters. The Morgan fingerprint density at radius 2 is 1.85 bits per heavy atom. The van der Waals surface area contributed by atoms with Crippen LogP contribution in [0.2, 0.25) is 0 Å². The van der Waals surface area contributed by atoms with Gasteiger partial charge >= 0.3 is 6.29 Å². The summed E-state index contributed by atoms with van der Waals surface area (Å²) in [4.78, 5) is 14.0. The molecule has 0 aromatic heterocycles. The lowest BCUT2D eigenvalue weighted by atomic mass is 10.2. The molecule has 26 heavy (non-hydrogen) atoms. The Morgan fingerprint density at radius 1 is 1.15 bits per heavy atom. The van der Waals surface area contributed by atoms with E-state index in [1.165, 1.54) is 18.2 Å². The molecule has 138 valence electrons. The number of rotatable bonds is 6. The second-order valence-electron chi connectivity index (χ2n) is 5.90. The van der Waals surface area contributed by atoms with Crippen LogP contribution in [0.4, 0.5) is 14.5 Å². The largest absolute Gasteiger partial charge is 0.586 e. The highest BCUT2D eigenvalue weighted by molar-refractivity contribution is 5.92. The topological polar surface area (TPSA) is 60.0 Å².